The number of carbonyl (C=O) groups is 2. The zero-order valence-corrected chi connectivity index (χ0v) is 12.3. The molecule has 1 N–H and O–H groups in total. The van der Waals surface area contributed by atoms with E-state index in [-0.39, 0.29) is 29.9 Å². The lowest BCUT2D eigenvalue weighted by molar-refractivity contribution is 0.0498. The van der Waals surface area contributed by atoms with E-state index in [1.54, 1.807) is 6.07 Å². The minimum absolute atomic E-state index is 0.0165. The third-order valence-corrected chi connectivity index (χ3v) is 4.53. The van der Waals surface area contributed by atoms with Crippen molar-refractivity contribution >= 4 is 21.7 Å². The summed E-state index contributed by atoms with van der Waals surface area (Å²) in [5.41, 5.74) is -0.145. The Bertz CT molecular complexity index is 789. The molecule has 1 aliphatic carbocycles. The molecule has 22 heavy (non-hydrogen) atoms. The molecule has 1 aliphatic heterocycles. The van der Waals surface area contributed by atoms with Gasteiger partial charge in [0, 0.05) is 24.2 Å². The third-order valence-electron chi connectivity index (χ3n) is 3.64. The molecular formula is C14H13NO6S. The second-order valence-electron chi connectivity index (χ2n) is 4.96. The summed E-state index contributed by atoms with van der Waals surface area (Å²) in [5.74, 6) is -1.44. The van der Waals surface area contributed by atoms with Crippen LogP contribution in [0.15, 0.2) is 34.9 Å². The van der Waals surface area contributed by atoms with E-state index in [9.17, 15) is 22.6 Å². The van der Waals surface area contributed by atoms with Crippen molar-refractivity contribution in [2.24, 2.45) is 0 Å². The molecule has 2 aliphatic rings. The van der Waals surface area contributed by atoms with Gasteiger partial charge in [0.25, 0.3) is 0 Å². The van der Waals surface area contributed by atoms with Crippen molar-refractivity contribution in [2.45, 2.75) is 0 Å². The van der Waals surface area contributed by atoms with Crippen LogP contribution in [0.5, 0.6) is 0 Å². The molecule has 0 radical (unpaired) electrons. The lowest BCUT2D eigenvalue weighted by Crippen LogP contribution is -2.42. The van der Waals surface area contributed by atoms with Gasteiger partial charge in [0.15, 0.2) is 4.91 Å². The molecule has 0 amide bonds. The molecule has 8 heteroatoms. The highest BCUT2D eigenvalue weighted by Crippen LogP contribution is 2.31. The maximum Gasteiger partial charge on any atom is 0.300 e. The number of ether oxygens (including phenoxy) is 1. The summed E-state index contributed by atoms with van der Waals surface area (Å²) in [6.07, 6.45) is 0. The van der Waals surface area contributed by atoms with Crippen molar-refractivity contribution < 1.29 is 27.3 Å². The van der Waals surface area contributed by atoms with Crippen LogP contribution in [-0.2, 0) is 14.9 Å². The number of benzene rings is 1. The van der Waals surface area contributed by atoms with Gasteiger partial charge in [0.2, 0.25) is 11.6 Å². The number of carbonyl (C=O) groups excluding carboxylic acids is 2. The topological polar surface area (TPSA) is 101 Å². The number of fused-ring (bicyclic) bond motifs is 1. The summed E-state index contributed by atoms with van der Waals surface area (Å²) in [7, 11) is -4.82. The van der Waals surface area contributed by atoms with Crippen LogP contribution in [0.2, 0.25) is 0 Å². The summed E-state index contributed by atoms with van der Waals surface area (Å²) in [4.78, 5) is 25.7. The average molecular weight is 323 g/mol. The third kappa shape index (κ3) is 2.35. The van der Waals surface area contributed by atoms with Gasteiger partial charge in [-0.2, -0.15) is 8.42 Å². The first-order valence-corrected chi connectivity index (χ1v) is 8.08. The standard InChI is InChI=1S/C14H13NO6S/c16-12-9-3-1-2-4-10(9)13(17)14(22(18,19)20)11(12)15-5-7-21-8-6-15/h1-4H,5-8H2,(H,18,19,20). The molecule has 0 saturated carbocycles. The molecule has 0 bridgehead atoms. The molecule has 7 nitrogen and oxygen atoms in total. The predicted octanol–water partition coefficient (Wildman–Crippen LogP) is 0.497. The second kappa shape index (κ2) is 5.31. The minimum Gasteiger partial charge on any atom is -0.378 e. The molecular weight excluding hydrogens is 310 g/mol. The molecule has 1 saturated heterocycles. The van der Waals surface area contributed by atoms with Gasteiger partial charge in [0.1, 0.15) is 5.70 Å². The van der Waals surface area contributed by atoms with Gasteiger partial charge in [-0.3, -0.25) is 14.1 Å². The Hall–Kier alpha value is -2.03. The number of nitrogens with zero attached hydrogens (tertiary/aromatic N) is 1. The van der Waals surface area contributed by atoms with Gasteiger partial charge >= 0.3 is 10.1 Å². The Morgan fingerprint density at radius 1 is 1.00 bits per heavy atom. The van der Waals surface area contributed by atoms with Crippen LogP contribution in [0.3, 0.4) is 0 Å². The highest BCUT2D eigenvalue weighted by atomic mass is 32.2. The van der Waals surface area contributed by atoms with Crippen molar-refractivity contribution in [3.05, 3.63) is 46.0 Å². The summed E-state index contributed by atoms with van der Waals surface area (Å²) < 4.78 is 38.0. The number of Topliss-reactive ketones (excluding diaryl/α,β-unsaturated/α-hetero) is 2. The van der Waals surface area contributed by atoms with Crippen LogP contribution < -0.4 is 0 Å². The Labute approximate surface area is 126 Å². The maximum absolute atomic E-state index is 12.7. The molecule has 1 heterocycles. The van der Waals surface area contributed by atoms with Crippen LogP contribution in [0, 0.1) is 0 Å². The Morgan fingerprint density at radius 2 is 1.55 bits per heavy atom. The van der Waals surface area contributed by atoms with E-state index in [4.69, 9.17) is 4.74 Å². The summed E-state index contributed by atoms with van der Waals surface area (Å²) in [5, 5.41) is 0. The second-order valence-corrected chi connectivity index (χ2v) is 6.31. The quantitative estimate of drug-likeness (QED) is 0.791. The Kier molecular flexibility index (Phi) is 3.59. The van der Waals surface area contributed by atoms with E-state index >= 15 is 0 Å². The fourth-order valence-electron chi connectivity index (χ4n) is 2.65. The molecule has 1 aromatic carbocycles. The molecule has 0 spiro atoms. The number of ketones is 2. The molecule has 0 atom stereocenters. The average Bonchev–Trinajstić information content (AvgIpc) is 2.50. The molecule has 1 aromatic rings. The summed E-state index contributed by atoms with van der Waals surface area (Å²) >= 11 is 0. The van der Waals surface area contributed by atoms with E-state index in [1.165, 1.54) is 23.1 Å². The Balaban J connectivity index is 2.24. The van der Waals surface area contributed by atoms with Crippen LogP contribution >= 0.6 is 0 Å². The molecule has 1 fully saturated rings. The SMILES string of the molecule is O=C1C(N2CCOCC2)=C(S(=O)(=O)O)C(=O)c2ccccc21. The number of hydrogen-bond donors (Lipinski definition) is 1. The van der Waals surface area contributed by atoms with Gasteiger partial charge in [-0.15, -0.1) is 0 Å². The Morgan fingerprint density at radius 3 is 2.09 bits per heavy atom. The fourth-order valence-corrected chi connectivity index (χ4v) is 3.46. The summed E-state index contributed by atoms with van der Waals surface area (Å²) in [6.45, 7) is 1.17. The van der Waals surface area contributed by atoms with Gasteiger partial charge in [0.05, 0.1) is 13.2 Å². The van der Waals surface area contributed by atoms with Gasteiger partial charge in [-0.1, -0.05) is 24.3 Å². The monoisotopic (exact) mass is 323 g/mol. The van der Waals surface area contributed by atoms with Crippen LogP contribution in [-0.4, -0.2) is 55.7 Å². The van der Waals surface area contributed by atoms with Gasteiger partial charge in [-0.25, -0.2) is 0 Å². The smallest absolute Gasteiger partial charge is 0.300 e. The van der Waals surface area contributed by atoms with Crippen LogP contribution in [0.4, 0.5) is 0 Å². The first-order chi connectivity index (χ1) is 10.4. The largest absolute Gasteiger partial charge is 0.378 e. The van der Waals surface area contributed by atoms with E-state index in [0.717, 1.165) is 0 Å². The predicted molar refractivity (Wildman–Crippen MR) is 76.1 cm³/mol. The van der Waals surface area contributed by atoms with Crippen molar-refractivity contribution in [3.63, 3.8) is 0 Å². The zero-order chi connectivity index (χ0) is 15.9. The lowest BCUT2D eigenvalue weighted by atomic mass is 9.91. The zero-order valence-electron chi connectivity index (χ0n) is 11.5. The molecule has 0 unspecified atom stereocenters. The van der Waals surface area contributed by atoms with Crippen LogP contribution in [0.1, 0.15) is 20.7 Å². The minimum atomic E-state index is -4.82. The highest BCUT2D eigenvalue weighted by Gasteiger charge is 2.40. The number of morpholine rings is 1. The normalized spacial score (nSPS) is 19.4. The van der Waals surface area contributed by atoms with Gasteiger partial charge < -0.3 is 9.64 Å². The van der Waals surface area contributed by atoms with E-state index < -0.39 is 26.6 Å². The number of hydrogen-bond acceptors (Lipinski definition) is 6. The van der Waals surface area contributed by atoms with Crippen LogP contribution in [0.25, 0.3) is 0 Å². The maximum atomic E-state index is 12.7. The number of allylic oxidation sites excluding steroid dienone is 2. The van der Waals surface area contributed by atoms with Crippen molar-refractivity contribution in [2.75, 3.05) is 26.3 Å². The fraction of sp³-hybridized carbons (Fsp3) is 0.286. The molecule has 3 rings (SSSR count). The highest BCUT2D eigenvalue weighted by molar-refractivity contribution is 7.91. The molecule has 0 aromatic heterocycles. The lowest BCUT2D eigenvalue weighted by Gasteiger charge is -2.33. The molecule has 116 valence electrons. The van der Waals surface area contributed by atoms with E-state index in [1.807, 2.05) is 0 Å². The summed E-state index contributed by atoms with van der Waals surface area (Å²) in [6, 6.07) is 5.97. The first kappa shape index (κ1) is 14.9. The van der Waals surface area contributed by atoms with E-state index in [0.29, 0.717) is 13.2 Å². The van der Waals surface area contributed by atoms with Crippen molar-refractivity contribution in [1.82, 2.24) is 4.90 Å². The van der Waals surface area contributed by atoms with E-state index in [2.05, 4.69) is 0 Å². The van der Waals surface area contributed by atoms with Crippen molar-refractivity contribution in [1.29, 1.82) is 0 Å². The first-order valence-electron chi connectivity index (χ1n) is 6.64. The van der Waals surface area contributed by atoms with Gasteiger partial charge in [-0.05, 0) is 0 Å². The number of rotatable bonds is 2. The van der Waals surface area contributed by atoms with Crippen molar-refractivity contribution in [3.8, 4) is 0 Å².